The molecule has 2 aromatic heterocycles. The minimum Gasteiger partial charge on any atom is -0.356 e. The number of carbonyl (C=O) groups excluding carboxylic acids is 1. The van der Waals surface area contributed by atoms with Gasteiger partial charge in [-0.1, -0.05) is 18.2 Å². The highest BCUT2D eigenvalue weighted by atomic mass is 16.1. The third kappa shape index (κ3) is 4.98. The van der Waals surface area contributed by atoms with Crippen molar-refractivity contribution in [2.75, 3.05) is 28.6 Å². The van der Waals surface area contributed by atoms with Gasteiger partial charge >= 0.3 is 0 Å². The zero-order chi connectivity index (χ0) is 22.6. The first-order chi connectivity index (χ1) is 16.1. The van der Waals surface area contributed by atoms with Crippen LogP contribution in [-0.2, 0) is 11.3 Å². The molecule has 0 radical (unpaired) electrons. The molecule has 0 spiro atoms. The van der Waals surface area contributed by atoms with Crippen molar-refractivity contribution in [1.29, 1.82) is 0 Å². The van der Waals surface area contributed by atoms with Crippen molar-refractivity contribution in [3.05, 3.63) is 72.6 Å². The molecule has 0 atom stereocenters. The summed E-state index contributed by atoms with van der Waals surface area (Å²) in [5, 5.41) is 7.39. The van der Waals surface area contributed by atoms with E-state index in [1.54, 1.807) is 0 Å². The molecule has 1 fully saturated rings. The third-order valence-electron chi connectivity index (χ3n) is 5.94. The second-order valence-corrected chi connectivity index (χ2v) is 8.49. The van der Waals surface area contributed by atoms with Crippen LogP contribution in [0.15, 0.2) is 66.9 Å². The number of benzene rings is 2. The lowest BCUT2D eigenvalue weighted by Crippen LogP contribution is -2.30. The van der Waals surface area contributed by atoms with Gasteiger partial charge in [0.2, 0.25) is 11.9 Å². The van der Waals surface area contributed by atoms with Crippen LogP contribution in [0.25, 0.3) is 10.9 Å². The molecule has 2 N–H and O–H groups in total. The van der Waals surface area contributed by atoms with Crippen molar-refractivity contribution in [2.45, 2.75) is 32.7 Å². The summed E-state index contributed by atoms with van der Waals surface area (Å²) < 4.78 is 1.95. The molecule has 0 unspecified atom stereocenters. The van der Waals surface area contributed by atoms with Gasteiger partial charge in [-0.3, -0.25) is 4.79 Å². The summed E-state index contributed by atoms with van der Waals surface area (Å²) in [5.74, 6) is 1.50. The van der Waals surface area contributed by atoms with Crippen LogP contribution in [0.1, 0.15) is 25.0 Å². The minimum atomic E-state index is -0.0646. The van der Waals surface area contributed by atoms with E-state index in [2.05, 4.69) is 20.5 Å². The van der Waals surface area contributed by atoms with Gasteiger partial charge < -0.3 is 20.1 Å². The summed E-state index contributed by atoms with van der Waals surface area (Å²) in [6, 6.07) is 19.7. The van der Waals surface area contributed by atoms with Gasteiger partial charge in [0.15, 0.2) is 0 Å². The smallest absolute Gasteiger partial charge is 0.244 e. The molecule has 0 aliphatic carbocycles. The predicted octanol–water partition coefficient (Wildman–Crippen LogP) is 5.11. The number of piperidine rings is 1. The lowest BCUT2D eigenvalue weighted by molar-refractivity contribution is -0.116. The van der Waals surface area contributed by atoms with Crippen LogP contribution < -0.4 is 15.5 Å². The van der Waals surface area contributed by atoms with Crippen LogP contribution >= 0.6 is 0 Å². The van der Waals surface area contributed by atoms with Gasteiger partial charge in [0, 0.05) is 47.9 Å². The lowest BCUT2D eigenvalue weighted by Gasteiger charge is -2.28. The average Bonchev–Trinajstić information content (AvgIpc) is 3.23. The van der Waals surface area contributed by atoms with E-state index in [1.165, 1.54) is 19.3 Å². The summed E-state index contributed by atoms with van der Waals surface area (Å²) in [7, 11) is 0. The van der Waals surface area contributed by atoms with E-state index in [9.17, 15) is 4.79 Å². The summed E-state index contributed by atoms with van der Waals surface area (Å²) in [4.78, 5) is 24.1. The van der Waals surface area contributed by atoms with E-state index < -0.39 is 0 Å². The number of anilines is 4. The fraction of sp³-hybridized carbons (Fsp3) is 0.269. The van der Waals surface area contributed by atoms with Crippen LogP contribution in [-0.4, -0.2) is 33.5 Å². The number of carbonyl (C=O) groups is 1. The van der Waals surface area contributed by atoms with E-state index in [0.29, 0.717) is 5.95 Å². The summed E-state index contributed by atoms with van der Waals surface area (Å²) in [5.41, 5.74) is 3.62. The Bertz CT molecular complexity index is 1260. The number of rotatable bonds is 6. The van der Waals surface area contributed by atoms with Crippen LogP contribution in [0, 0.1) is 6.92 Å². The minimum absolute atomic E-state index is 0.0646. The number of hydrogen-bond donors (Lipinski definition) is 2. The highest BCUT2D eigenvalue weighted by Crippen LogP contribution is 2.22. The van der Waals surface area contributed by atoms with E-state index >= 15 is 0 Å². The number of amides is 1. The van der Waals surface area contributed by atoms with Crippen molar-refractivity contribution in [1.82, 2.24) is 14.5 Å². The maximum absolute atomic E-state index is 12.6. The Morgan fingerprint density at radius 3 is 2.52 bits per heavy atom. The van der Waals surface area contributed by atoms with Gasteiger partial charge in [-0.2, -0.15) is 4.98 Å². The van der Waals surface area contributed by atoms with Gasteiger partial charge in [-0.15, -0.1) is 0 Å². The topological polar surface area (TPSA) is 75.1 Å². The summed E-state index contributed by atoms with van der Waals surface area (Å²) in [6.45, 7) is 4.35. The molecule has 0 bridgehead atoms. The molecule has 1 amide bonds. The van der Waals surface area contributed by atoms with Crippen molar-refractivity contribution in [3.63, 3.8) is 0 Å². The molecule has 0 saturated carbocycles. The molecule has 5 rings (SSSR count). The SMILES string of the molecule is Cc1cc(N2CCCCC2)nc(Nc2ccc(NC(=O)Cn3ccc4ccccc43)cc2)n1. The highest BCUT2D eigenvalue weighted by Gasteiger charge is 2.14. The van der Waals surface area contributed by atoms with Gasteiger partial charge in [0.25, 0.3) is 0 Å². The second kappa shape index (κ2) is 9.32. The standard InChI is InChI=1S/C26H28N6O/c1-19-17-24(31-14-5-2-6-15-31)30-26(27-19)29-22-11-9-21(10-12-22)28-25(33)18-32-16-13-20-7-3-4-8-23(20)32/h3-4,7-13,16-17H,2,5-6,14-15,18H2,1H3,(H,28,33)(H,27,29,30). The van der Waals surface area contributed by atoms with Crippen LogP contribution in [0.2, 0.25) is 0 Å². The predicted molar refractivity (Wildman–Crippen MR) is 133 cm³/mol. The van der Waals surface area contributed by atoms with Crippen molar-refractivity contribution < 1.29 is 4.79 Å². The molecule has 33 heavy (non-hydrogen) atoms. The van der Waals surface area contributed by atoms with Crippen LogP contribution in [0.4, 0.5) is 23.1 Å². The Balaban J connectivity index is 1.22. The van der Waals surface area contributed by atoms with Gasteiger partial charge in [-0.05, 0) is 68.0 Å². The molecular weight excluding hydrogens is 412 g/mol. The maximum Gasteiger partial charge on any atom is 0.244 e. The first-order valence-corrected chi connectivity index (χ1v) is 11.5. The van der Waals surface area contributed by atoms with E-state index in [4.69, 9.17) is 4.98 Å². The molecule has 1 saturated heterocycles. The van der Waals surface area contributed by atoms with Crippen LogP contribution in [0.5, 0.6) is 0 Å². The largest absolute Gasteiger partial charge is 0.356 e. The fourth-order valence-corrected chi connectivity index (χ4v) is 4.29. The molecule has 168 valence electrons. The molecule has 7 heteroatoms. The van der Waals surface area contributed by atoms with Gasteiger partial charge in [-0.25, -0.2) is 4.98 Å². The normalized spacial score (nSPS) is 13.8. The Labute approximate surface area is 193 Å². The number of aromatic nitrogens is 3. The van der Waals surface area contributed by atoms with E-state index in [1.807, 2.05) is 78.4 Å². The Kier molecular flexibility index (Phi) is 5.93. The van der Waals surface area contributed by atoms with Crippen LogP contribution in [0.3, 0.4) is 0 Å². The number of fused-ring (bicyclic) bond motifs is 1. The fourth-order valence-electron chi connectivity index (χ4n) is 4.29. The van der Waals surface area contributed by atoms with Gasteiger partial charge in [0.1, 0.15) is 12.4 Å². The number of nitrogens with one attached hydrogen (secondary N) is 2. The Hall–Kier alpha value is -3.87. The molecular formula is C26H28N6O. The molecule has 7 nitrogen and oxygen atoms in total. The number of aryl methyl sites for hydroxylation is 1. The molecule has 1 aliphatic heterocycles. The van der Waals surface area contributed by atoms with Crippen molar-refractivity contribution in [2.24, 2.45) is 0 Å². The monoisotopic (exact) mass is 440 g/mol. The Morgan fingerprint density at radius 2 is 1.70 bits per heavy atom. The zero-order valence-corrected chi connectivity index (χ0v) is 18.8. The Morgan fingerprint density at radius 1 is 0.939 bits per heavy atom. The molecule has 1 aliphatic rings. The summed E-state index contributed by atoms with van der Waals surface area (Å²) >= 11 is 0. The molecule has 4 aromatic rings. The number of hydrogen-bond acceptors (Lipinski definition) is 5. The summed E-state index contributed by atoms with van der Waals surface area (Å²) in [6.07, 6.45) is 5.65. The zero-order valence-electron chi connectivity index (χ0n) is 18.8. The first kappa shape index (κ1) is 21.0. The quantitative estimate of drug-likeness (QED) is 0.436. The molecule has 2 aromatic carbocycles. The second-order valence-electron chi connectivity index (χ2n) is 8.49. The maximum atomic E-state index is 12.6. The lowest BCUT2D eigenvalue weighted by atomic mass is 10.1. The van der Waals surface area contributed by atoms with Gasteiger partial charge in [0.05, 0.1) is 0 Å². The average molecular weight is 441 g/mol. The van der Waals surface area contributed by atoms with Crippen molar-refractivity contribution >= 4 is 40.0 Å². The molecule has 3 heterocycles. The number of nitrogens with zero attached hydrogens (tertiary/aromatic N) is 4. The number of para-hydroxylation sites is 1. The highest BCUT2D eigenvalue weighted by molar-refractivity contribution is 5.92. The van der Waals surface area contributed by atoms with E-state index in [0.717, 1.165) is 46.9 Å². The van der Waals surface area contributed by atoms with E-state index in [-0.39, 0.29) is 12.5 Å². The van der Waals surface area contributed by atoms with Crippen molar-refractivity contribution in [3.8, 4) is 0 Å². The third-order valence-corrected chi connectivity index (χ3v) is 5.94. The first-order valence-electron chi connectivity index (χ1n) is 11.5.